The maximum absolute atomic E-state index is 12.9. The summed E-state index contributed by atoms with van der Waals surface area (Å²) in [6.45, 7) is 4.95. The summed E-state index contributed by atoms with van der Waals surface area (Å²) >= 11 is 0. The third-order valence-corrected chi connectivity index (χ3v) is 6.17. The second kappa shape index (κ2) is 7.31. The highest BCUT2D eigenvalue weighted by molar-refractivity contribution is 7.90. The quantitative estimate of drug-likeness (QED) is 0.861. The highest BCUT2D eigenvalue weighted by Crippen LogP contribution is 2.25. The number of benzene rings is 1. The van der Waals surface area contributed by atoms with Gasteiger partial charge in [-0.15, -0.1) is 0 Å². The van der Waals surface area contributed by atoms with Gasteiger partial charge >= 0.3 is 16.2 Å². The molecule has 1 heterocycles. The minimum Gasteiger partial charge on any atom is -0.481 e. The summed E-state index contributed by atoms with van der Waals surface area (Å²) in [6.07, 6.45) is 1.44. The molecule has 0 amide bonds. The van der Waals surface area contributed by atoms with Crippen LogP contribution in [-0.4, -0.2) is 43.4 Å². The molecular formula is C16H24N2O4S. The third kappa shape index (κ3) is 4.45. The summed E-state index contributed by atoms with van der Waals surface area (Å²) in [5.74, 6) is -0.488. The van der Waals surface area contributed by atoms with Crippen molar-refractivity contribution in [1.29, 1.82) is 0 Å². The maximum Gasteiger partial charge on any atom is 0.305 e. The lowest BCUT2D eigenvalue weighted by Gasteiger charge is -2.34. The van der Waals surface area contributed by atoms with Gasteiger partial charge in [0.2, 0.25) is 0 Å². The number of piperidine rings is 1. The minimum atomic E-state index is -3.71. The van der Waals surface area contributed by atoms with Crippen molar-refractivity contribution in [3.8, 4) is 0 Å². The lowest BCUT2D eigenvalue weighted by Crippen LogP contribution is -2.47. The molecule has 1 saturated heterocycles. The number of hydrogen-bond acceptors (Lipinski definition) is 3. The molecule has 128 valence electrons. The van der Waals surface area contributed by atoms with E-state index in [-0.39, 0.29) is 13.0 Å². The van der Waals surface area contributed by atoms with E-state index in [0.29, 0.717) is 24.7 Å². The van der Waals surface area contributed by atoms with E-state index in [4.69, 9.17) is 5.11 Å². The highest BCUT2D eigenvalue weighted by Gasteiger charge is 2.32. The topological polar surface area (TPSA) is 77.9 Å². The molecule has 1 fully saturated rings. The molecule has 0 unspecified atom stereocenters. The molecular weight excluding hydrogens is 316 g/mol. The fraction of sp³-hybridized carbons (Fsp3) is 0.562. The van der Waals surface area contributed by atoms with Crippen molar-refractivity contribution in [2.45, 2.75) is 33.1 Å². The van der Waals surface area contributed by atoms with Crippen LogP contribution in [0.1, 0.15) is 31.7 Å². The first-order valence-electron chi connectivity index (χ1n) is 7.87. The van der Waals surface area contributed by atoms with Gasteiger partial charge < -0.3 is 5.11 Å². The van der Waals surface area contributed by atoms with E-state index in [9.17, 15) is 13.2 Å². The summed E-state index contributed by atoms with van der Waals surface area (Å²) in [6, 6.07) is 7.11. The van der Waals surface area contributed by atoms with E-state index in [0.717, 1.165) is 18.4 Å². The zero-order chi connectivity index (χ0) is 17.0. The molecule has 0 atom stereocenters. The van der Waals surface area contributed by atoms with Crippen LogP contribution in [-0.2, 0) is 15.0 Å². The Bertz CT molecular complexity index is 635. The molecule has 1 aliphatic heterocycles. The molecule has 0 aliphatic carbocycles. The van der Waals surface area contributed by atoms with Crippen LogP contribution in [0.4, 0.5) is 5.69 Å². The molecule has 0 aromatic heterocycles. The molecule has 1 N–H and O–H groups in total. The first kappa shape index (κ1) is 17.7. The van der Waals surface area contributed by atoms with Gasteiger partial charge in [-0.3, -0.25) is 9.10 Å². The molecule has 0 spiro atoms. The lowest BCUT2D eigenvalue weighted by molar-refractivity contribution is -0.136. The zero-order valence-corrected chi connectivity index (χ0v) is 14.4. The highest BCUT2D eigenvalue weighted by atomic mass is 32.2. The predicted octanol–water partition coefficient (Wildman–Crippen LogP) is 2.25. The van der Waals surface area contributed by atoms with Crippen LogP contribution in [0, 0.1) is 12.8 Å². The first-order valence-corrected chi connectivity index (χ1v) is 9.26. The van der Waals surface area contributed by atoms with Crippen molar-refractivity contribution in [2.75, 3.05) is 23.9 Å². The number of hydrogen-bond donors (Lipinski definition) is 1. The second-order valence-electron chi connectivity index (χ2n) is 6.14. The average Bonchev–Trinajstić information content (AvgIpc) is 2.49. The second-order valence-corrected chi connectivity index (χ2v) is 7.99. The number of carboxylic acids is 1. The van der Waals surface area contributed by atoms with Crippen molar-refractivity contribution >= 4 is 21.9 Å². The number of rotatable bonds is 6. The average molecular weight is 340 g/mol. The minimum absolute atomic E-state index is 0.0627. The van der Waals surface area contributed by atoms with Crippen LogP contribution in [0.25, 0.3) is 0 Å². The lowest BCUT2D eigenvalue weighted by atomic mass is 10.0. The maximum atomic E-state index is 12.9. The number of carbonyl (C=O) groups is 1. The van der Waals surface area contributed by atoms with E-state index in [1.54, 1.807) is 12.1 Å². The number of aliphatic carboxylic acids is 1. The van der Waals surface area contributed by atoms with E-state index in [2.05, 4.69) is 6.92 Å². The molecule has 7 heteroatoms. The Morgan fingerprint density at radius 1 is 1.26 bits per heavy atom. The molecule has 6 nitrogen and oxygen atoms in total. The number of aryl methyl sites for hydroxylation is 1. The van der Waals surface area contributed by atoms with Crippen LogP contribution in [0.15, 0.2) is 24.3 Å². The van der Waals surface area contributed by atoms with E-state index < -0.39 is 16.2 Å². The van der Waals surface area contributed by atoms with Crippen LogP contribution in [0.5, 0.6) is 0 Å². The molecule has 0 saturated carbocycles. The van der Waals surface area contributed by atoms with E-state index in [1.165, 1.54) is 8.61 Å². The van der Waals surface area contributed by atoms with Crippen LogP contribution >= 0.6 is 0 Å². The van der Waals surface area contributed by atoms with Gasteiger partial charge in [0.1, 0.15) is 0 Å². The summed E-state index contributed by atoms with van der Waals surface area (Å²) in [4.78, 5) is 10.9. The first-order chi connectivity index (χ1) is 10.8. The Hall–Kier alpha value is -1.60. The van der Waals surface area contributed by atoms with Crippen LogP contribution in [0.2, 0.25) is 0 Å². The van der Waals surface area contributed by atoms with Crippen molar-refractivity contribution in [3.63, 3.8) is 0 Å². The van der Waals surface area contributed by atoms with Crippen molar-refractivity contribution < 1.29 is 18.3 Å². The Balaban J connectivity index is 2.27. The monoisotopic (exact) mass is 340 g/mol. The fourth-order valence-electron chi connectivity index (χ4n) is 2.64. The fourth-order valence-corrected chi connectivity index (χ4v) is 4.30. The van der Waals surface area contributed by atoms with Crippen molar-refractivity contribution in [2.24, 2.45) is 5.92 Å². The number of nitrogens with zero attached hydrogens (tertiary/aromatic N) is 2. The largest absolute Gasteiger partial charge is 0.481 e. The number of carboxylic acid groups (broad SMARTS) is 1. The van der Waals surface area contributed by atoms with Crippen LogP contribution in [0.3, 0.4) is 0 Å². The van der Waals surface area contributed by atoms with Gasteiger partial charge in [0.15, 0.2) is 0 Å². The van der Waals surface area contributed by atoms with Crippen molar-refractivity contribution in [1.82, 2.24) is 4.31 Å². The number of anilines is 1. The Kier molecular flexibility index (Phi) is 5.64. The Morgan fingerprint density at radius 3 is 2.35 bits per heavy atom. The summed E-state index contributed by atoms with van der Waals surface area (Å²) in [5.41, 5.74) is 1.53. The summed E-state index contributed by atoms with van der Waals surface area (Å²) in [7, 11) is -3.71. The zero-order valence-electron chi connectivity index (χ0n) is 13.6. The van der Waals surface area contributed by atoms with Gasteiger partial charge in [-0.25, -0.2) is 0 Å². The molecule has 23 heavy (non-hydrogen) atoms. The molecule has 2 rings (SSSR count). The van der Waals surface area contributed by atoms with Gasteiger partial charge in [0.05, 0.1) is 12.1 Å². The van der Waals surface area contributed by atoms with E-state index in [1.807, 2.05) is 19.1 Å². The molecule has 1 aliphatic rings. The SMILES string of the molecule is Cc1ccc(N(CCC(=O)O)S(=O)(=O)N2CCC(C)CC2)cc1. The predicted molar refractivity (Wildman–Crippen MR) is 89.7 cm³/mol. The van der Waals surface area contributed by atoms with Gasteiger partial charge in [0.25, 0.3) is 0 Å². The van der Waals surface area contributed by atoms with E-state index >= 15 is 0 Å². The Morgan fingerprint density at radius 2 is 1.83 bits per heavy atom. The normalized spacial score (nSPS) is 17.1. The third-order valence-electron chi connectivity index (χ3n) is 4.20. The summed E-state index contributed by atoms with van der Waals surface area (Å²) in [5, 5.41) is 8.93. The standard InChI is InChI=1S/C16H24N2O4S/c1-13-3-5-15(6-4-13)18(12-9-16(19)20)23(21,22)17-10-7-14(2)8-11-17/h3-6,14H,7-12H2,1-2H3,(H,19,20). The van der Waals surface area contributed by atoms with Gasteiger partial charge in [-0.2, -0.15) is 12.7 Å². The molecule has 0 bridgehead atoms. The smallest absolute Gasteiger partial charge is 0.305 e. The van der Waals surface area contributed by atoms with Gasteiger partial charge in [-0.1, -0.05) is 24.6 Å². The van der Waals surface area contributed by atoms with Crippen molar-refractivity contribution in [3.05, 3.63) is 29.8 Å². The molecule has 1 aromatic carbocycles. The van der Waals surface area contributed by atoms with Crippen LogP contribution < -0.4 is 4.31 Å². The molecule has 0 radical (unpaired) electrons. The summed E-state index contributed by atoms with van der Waals surface area (Å²) < 4.78 is 28.6. The van der Waals surface area contributed by atoms with Gasteiger partial charge in [0, 0.05) is 19.6 Å². The molecule has 1 aromatic rings. The Labute approximate surface area is 137 Å². The van der Waals surface area contributed by atoms with Gasteiger partial charge in [-0.05, 0) is 37.8 Å².